The molecular formula is C10H9F11O3. The van der Waals surface area contributed by atoms with Crippen molar-refractivity contribution < 1.29 is 62.9 Å². The molecule has 0 rings (SSSR count). The Hall–Kier alpha value is -1.34. The molecule has 1 unspecified atom stereocenters. The summed E-state index contributed by atoms with van der Waals surface area (Å²) >= 11 is 0. The second-order valence-corrected chi connectivity index (χ2v) is 4.47. The number of esters is 1. The van der Waals surface area contributed by atoms with Crippen LogP contribution in [0.4, 0.5) is 48.3 Å². The molecule has 24 heavy (non-hydrogen) atoms. The van der Waals surface area contributed by atoms with Crippen molar-refractivity contribution in [1.82, 2.24) is 0 Å². The van der Waals surface area contributed by atoms with E-state index in [-0.39, 0.29) is 0 Å². The molecule has 0 aliphatic rings. The van der Waals surface area contributed by atoms with Crippen molar-refractivity contribution in [2.75, 3.05) is 7.11 Å². The van der Waals surface area contributed by atoms with Gasteiger partial charge in [0.2, 0.25) is 0 Å². The summed E-state index contributed by atoms with van der Waals surface area (Å²) in [5.41, 5.74) is 0. The highest BCUT2D eigenvalue weighted by Gasteiger charge is 2.87. The lowest BCUT2D eigenvalue weighted by Gasteiger charge is -2.38. The van der Waals surface area contributed by atoms with Crippen LogP contribution < -0.4 is 0 Å². The van der Waals surface area contributed by atoms with E-state index in [0.717, 1.165) is 0 Å². The summed E-state index contributed by atoms with van der Waals surface area (Å²) in [5.74, 6) is -30.2. The largest absolute Gasteiger partial charge is 0.469 e. The predicted octanol–water partition coefficient (Wildman–Crippen LogP) is 3.40. The fourth-order valence-corrected chi connectivity index (χ4v) is 1.33. The molecule has 0 heterocycles. The summed E-state index contributed by atoms with van der Waals surface area (Å²) in [6, 6.07) is 0. The van der Waals surface area contributed by atoms with E-state index in [4.69, 9.17) is 5.11 Å². The molecule has 0 aromatic carbocycles. The molecule has 3 nitrogen and oxygen atoms in total. The first kappa shape index (κ1) is 22.7. The molecule has 0 aliphatic heterocycles. The maximum absolute atomic E-state index is 13.2. The number of rotatable bonds is 7. The maximum atomic E-state index is 13.2. The highest BCUT2D eigenvalue weighted by atomic mass is 19.4. The van der Waals surface area contributed by atoms with Crippen LogP contribution in [0, 0.1) is 0 Å². The maximum Gasteiger partial charge on any atom is 0.460 e. The van der Waals surface area contributed by atoms with Crippen molar-refractivity contribution in [2.45, 2.75) is 48.8 Å². The fraction of sp³-hybridized carbons (Fsp3) is 0.900. The second kappa shape index (κ2) is 6.52. The van der Waals surface area contributed by atoms with Gasteiger partial charge in [-0.2, -0.15) is 48.3 Å². The molecule has 0 saturated carbocycles. The zero-order valence-electron chi connectivity index (χ0n) is 11.4. The zero-order chi connectivity index (χ0) is 19.8. The minimum atomic E-state index is -7.59. The standard InChI is InChI=1S/C10H9F11O3/c1-24-5(23)3-2-4(22)6(11,12)7(13,14)8(15,16)9(17,18)10(19,20)21/h4,22H,2-3H2,1H3. The minimum absolute atomic E-state index is 0.708. The Bertz CT molecular complexity index is 457. The van der Waals surface area contributed by atoms with Gasteiger partial charge in [-0.3, -0.25) is 4.79 Å². The highest BCUT2D eigenvalue weighted by molar-refractivity contribution is 5.69. The van der Waals surface area contributed by atoms with Gasteiger partial charge < -0.3 is 9.84 Å². The van der Waals surface area contributed by atoms with Gasteiger partial charge in [-0.1, -0.05) is 0 Å². The molecule has 0 fully saturated rings. The monoisotopic (exact) mass is 386 g/mol. The lowest BCUT2D eigenvalue weighted by molar-refractivity contribution is -0.428. The number of methoxy groups -OCH3 is 1. The average molecular weight is 386 g/mol. The van der Waals surface area contributed by atoms with Gasteiger partial charge in [-0.15, -0.1) is 0 Å². The average Bonchev–Trinajstić information content (AvgIpc) is 2.42. The van der Waals surface area contributed by atoms with Crippen molar-refractivity contribution in [3.05, 3.63) is 0 Å². The molecule has 0 spiro atoms. The normalized spacial score (nSPS) is 16.0. The summed E-state index contributed by atoms with van der Waals surface area (Å²) in [4.78, 5) is 10.6. The molecule has 0 aromatic rings. The number of carbonyl (C=O) groups excluding carboxylic acids is 1. The van der Waals surface area contributed by atoms with Gasteiger partial charge in [0.15, 0.2) is 0 Å². The quantitative estimate of drug-likeness (QED) is 0.539. The van der Waals surface area contributed by atoms with Crippen molar-refractivity contribution in [3.8, 4) is 0 Å². The van der Waals surface area contributed by atoms with Crippen molar-refractivity contribution >= 4 is 5.97 Å². The summed E-state index contributed by atoms with van der Waals surface area (Å²) in [6.07, 6.45) is -14.0. The third kappa shape index (κ3) is 3.52. The Kier molecular flexibility index (Phi) is 6.15. The van der Waals surface area contributed by atoms with Crippen LogP contribution in [0.3, 0.4) is 0 Å². The van der Waals surface area contributed by atoms with Crippen LogP contribution >= 0.6 is 0 Å². The third-order valence-corrected chi connectivity index (χ3v) is 2.83. The molecule has 1 atom stereocenters. The van der Waals surface area contributed by atoms with Gasteiger partial charge in [0.25, 0.3) is 0 Å². The van der Waals surface area contributed by atoms with Crippen LogP contribution in [-0.2, 0) is 9.53 Å². The summed E-state index contributed by atoms with van der Waals surface area (Å²) in [7, 11) is 0.708. The van der Waals surface area contributed by atoms with Crippen molar-refractivity contribution in [1.29, 1.82) is 0 Å². The molecule has 0 bridgehead atoms. The summed E-state index contributed by atoms with van der Waals surface area (Å²) in [5, 5.41) is 8.79. The topological polar surface area (TPSA) is 46.5 Å². The summed E-state index contributed by atoms with van der Waals surface area (Å²) < 4.78 is 143. The van der Waals surface area contributed by atoms with E-state index >= 15 is 0 Å². The van der Waals surface area contributed by atoms with Gasteiger partial charge in [-0.25, -0.2) is 0 Å². The molecule has 0 saturated heterocycles. The van der Waals surface area contributed by atoms with Crippen molar-refractivity contribution in [3.63, 3.8) is 0 Å². The van der Waals surface area contributed by atoms with E-state index in [2.05, 4.69) is 4.74 Å². The van der Waals surface area contributed by atoms with Crippen LogP contribution in [0.15, 0.2) is 0 Å². The first-order valence-corrected chi connectivity index (χ1v) is 5.70. The molecule has 0 radical (unpaired) electrons. The van der Waals surface area contributed by atoms with Crippen LogP contribution in [-0.4, -0.2) is 54.2 Å². The fourth-order valence-electron chi connectivity index (χ4n) is 1.33. The molecule has 14 heteroatoms. The summed E-state index contributed by atoms with van der Waals surface area (Å²) in [6.45, 7) is 0. The molecule has 0 aliphatic carbocycles. The number of hydrogen-bond donors (Lipinski definition) is 1. The molecular weight excluding hydrogens is 377 g/mol. The highest BCUT2D eigenvalue weighted by Crippen LogP contribution is 2.58. The zero-order valence-corrected chi connectivity index (χ0v) is 11.4. The van der Waals surface area contributed by atoms with E-state index < -0.39 is 54.8 Å². The number of aliphatic hydroxyl groups excluding tert-OH is 1. The van der Waals surface area contributed by atoms with Gasteiger partial charge in [-0.05, 0) is 6.42 Å². The number of alkyl halides is 11. The van der Waals surface area contributed by atoms with Crippen molar-refractivity contribution in [2.24, 2.45) is 0 Å². The predicted molar refractivity (Wildman–Crippen MR) is 53.1 cm³/mol. The third-order valence-electron chi connectivity index (χ3n) is 2.83. The lowest BCUT2D eigenvalue weighted by Crippen LogP contribution is -2.68. The molecule has 1 N–H and O–H groups in total. The van der Waals surface area contributed by atoms with Crippen LogP contribution in [0.5, 0.6) is 0 Å². The number of halogens is 11. The van der Waals surface area contributed by atoms with Crippen LogP contribution in [0.1, 0.15) is 12.8 Å². The first-order chi connectivity index (χ1) is 10.4. The van der Waals surface area contributed by atoms with Gasteiger partial charge in [0.1, 0.15) is 6.10 Å². The Morgan fingerprint density at radius 3 is 1.62 bits per heavy atom. The minimum Gasteiger partial charge on any atom is -0.469 e. The molecule has 0 aromatic heterocycles. The Labute approximate surface area is 126 Å². The Morgan fingerprint density at radius 2 is 1.29 bits per heavy atom. The molecule has 0 amide bonds. The van der Waals surface area contributed by atoms with E-state index in [9.17, 15) is 53.1 Å². The number of aliphatic hydroxyl groups is 1. The SMILES string of the molecule is COC(=O)CCC(O)C(F)(F)C(F)(F)C(F)(F)C(F)(F)C(F)(F)F. The Balaban J connectivity index is 5.71. The van der Waals surface area contributed by atoms with E-state index in [1.807, 2.05) is 0 Å². The van der Waals surface area contributed by atoms with E-state index in [1.165, 1.54) is 0 Å². The Morgan fingerprint density at radius 1 is 0.875 bits per heavy atom. The first-order valence-electron chi connectivity index (χ1n) is 5.70. The van der Waals surface area contributed by atoms with E-state index in [0.29, 0.717) is 7.11 Å². The molecule has 144 valence electrons. The number of hydrogen-bond acceptors (Lipinski definition) is 3. The lowest BCUT2D eigenvalue weighted by atomic mass is 9.93. The van der Waals surface area contributed by atoms with E-state index in [1.54, 1.807) is 0 Å². The second-order valence-electron chi connectivity index (χ2n) is 4.47. The smallest absolute Gasteiger partial charge is 0.460 e. The van der Waals surface area contributed by atoms with Gasteiger partial charge >= 0.3 is 35.8 Å². The van der Waals surface area contributed by atoms with Gasteiger partial charge in [0, 0.05) is 6.42 Å². The van der Waals surface area contributed by atoms with Gasteiger partial charge in [0.05, 0.1) is 7.11 Å². The number of carbonyl (C=O) groups is 1. The van der Waals surface area contributed by atoms with Crippen LogP contribution in [0.2, 0.25) is 0 Å². The van der Waals surface area contributed by atoms with Crippen LogP contribution in [0.25, 0.3) is 0 Å². The number of ether oxygens (including phenoxy) is 1.